The zero-order valence-corrected chi connectivity index (χ0v) is 16.6. The first kappa shape index (κ1) is 19.7. The molecule has 3 aromatic rings. The van der Waals surface area contributed by atoms with Crippen LogP contribution in [0.2, 0.25) is 0 Å². The van der Waals surface area contributed by atoms with E-state index in [0.717, 1.165) is 17.6 Å². The molecule has 146 valence electrons. The second-order valence-corrected chi connectivity index (χ2v) is 8.64. The summed E-state index contributed by atoms with van der Waals surface area (Å²) in [6, 6.07) is 11.8. The number of nitrogens with one attached hydrogen (secondary N) is 1. The maximum absolute atomic E-state index is 12.5. The van der Waals surface area contributed by atoms with E-state index in [1.807, 2.05) is 29.8 Å². The van der Waals surface area contributed by atoms with Crippen molar-refractivity contribution in [3.8, 4) is 0 Å². The average molecular weight is 399 g/mol. The molecule has 0 saturated carbocycles. The number of benzene rings is 1. The second kappa shape index (κ2) is 7.89. The van der Waals surface area contributed by atoms with Gasteiger partial charge in [0.2, 0.25) is 0 Å². The number of sulfone groups is 1. The molecule has 1 atom stereocenters. The van der Waals surface area contributed by atoms with Crippen LogP contribution in [-0.2, 0) is 23.3 Å². The fraction of sp³-hybridized carbons (Fsp3) is 0.263. The van der Waals surface area contributed by atoms with Gasteiger partial charge in [-0.15, -0.1) is 10.2 Å². The highest BCUT2D eigenvalue weighted by Crippen LogP contribution is 2.22. The SMILES string of the molecule is C[C@H](Cc1nncn1C)c1cccc(NC(=O)c2cccc(S(C)(=O)=O)n2)c1. The van der Waals surface area contributed by atoms with Gasteiger partial charge < -0.3 is 9.88 Å². The number of pyridine rings is 1. The van der Waals surface area contributed by atoms with Gasteiger partial charge in [0.1, 0.15) is 17.8 Å². The number of aromatic nitrogens is 4. The molecule has 1 N–H and O–H groups in total. The maximum atomic E-state index is 12.5. The molecule has 1 amide bonds. The van der Waals surface area contributed by atoms with Crippen LogP contribution in [-0.4, -0.2) is 40.3 Å². The van der Waals surface area contributed by atoms with E-state index in [2.05, 4.69) is 27.4 Å². The molecule has 8 nitrogen and oxygen atoms in total. The lowest BCUT2D eigenvalue weighted by atomic mass is 9.97. The number of hydrogen-bond acceptors (Lipinski definition) is 6. The van der Waals surface area contributed by atoms with Crippen molar-refractivity contribution in [2.24, 2.45) is 7.05 Å². The first-order chi connectivity index (χ1) is 13.2. The smallest absolute Gasteiger partial charge is 0.274 e. The fourth-order valence-electron chi connectivity index (χ4n) is 2.75. The van der Waals surface area contributed by atoms with Gasteiger partial charge in [-0.1, -0.05) is 25.1 Å². The highest BCUT2D eigenvalue weighted by molar-refractivity contribution is 7.90. The van der Waals surface area contributed by atoms with E-state index in [0.29, 0.717) is 12.1 Å². The number of nitrogens with zero attached hydrogens (tertiary/aromatic N) is 4. The summed E-state index contributed by atoms with van der Waals surface area (Å²) in [6.45, 7) is 2.08. The lowest BCUT2D eigenvalue weighted by Crippen LogP contribution is -2.15. The molecule has 0 aliphatic carbocycles. The quantitative estimate of drug-likeness (QED) is 0.681. The van der Waals surface area contributed by atoms with Crippen LogP contribution in [0.1, 0.15) is 34.7 Å². The van der Waals surface area contributed by atoms with Gasteiger partial charge in [-0.05, 0) is 35.7 Å². The second-order valence-electron chi connectivity index (χ2n) is 6.68. The van der Waals surface area contributed by atoms with E-state index in [1.54, 1.807) is 12.4 Å². The summed E-state index contributed by atoms with van der Waals surface area (Å²) in [5.74, 6) is 0.582. The number of carbonyl (C=O) groups is 1. The Bertz CT molecular complexity index is 1110. The van der Waals surface area contributed by atoms with Crippen LogP contribution in [0.3, 0.4) is 0 Å². The van der Waals surface area contributed by atoms with Gasteiger partial charge in [-0.3, -0.25) is 4.79 Å². The van der Waals surface area contributed by atoms with Crippen LogP contribution in [0.15, 0.2) is 53.8 Å². The van der Waals surface area contributed by atoms with Gasteiger partial charge in [0, 0.05) is 25.4 Å². The van der Waals surface area contributed by atoms with Crippen molar-refractivity contribution in [3.63, 3.8) is 0 Å². The lowest BCUT2D eigenvalue weighted by molar-refractivity contribution is 0.102. The Morgan fingerprint density at radius 3 is 2.64 bits per heavy atom. The van der Waals surface area contributed by atoms with Crippen molar-refractivity contribution >= 4 is 21.4 Å². The Labute approximate surface area is 163 Å². The van der Waals surface area contributed by atoms with Gasteiger partial charge in [-0.25, -0.2) is 13.4 Å². The van der Waals surface area contributed by atoms with E-state index in [4.69, 9.17) is 0 Å². The molecule has 3 rings (SSSR count). The van der Waals surface area contributed by atoms with Crippen LogP contribution in [0.4, 0.5) is 5.69 Å². The highest BCUT2D eigenvalue weighted by Gasteiger charge is 2.15. The Morgan fingerprint density at radius 1 is 1.21 bits per heavy atom. The molecule has 28 heavy (non-hydrogen) atoms. The van der Waals surface area contributed by atoms with Crippen molar-refractivity contribution in [3.05, 3.63) is 65.9 Å². The molecular formula is C19H21N5O3S. The average Bonchev–Trinajstić information content (AvgIpc) is 3.06. The van der Waals surface area contributed by atoms with Crippen molar-refractivity contribution in [2.75, 3.05) is 11.6 Å². The van der Waals surface area contributed by atoms with Crippen molar-refractivity contribution in [1.82, 2.24) is 19.7 Å². The third kappa shape index (κ3) is 4.61. The number of carbonyl (C=O) groups excluding carboxylic acids is 1. The minimum Gasteiger partial charge on any atom is -0.321 e. The van der Waals surface area contributed by atoms with Crippen LogP contribution in [0.25, 0.3) is 0 Å². The molecule has 0 saturated heterocycles. The van der Waals surface area contributed by atoms with E-state index < -0.39 is 15.7 Å². The van der Waals surface area contributed by atoms with Gasteiger partial charge in [0.25, 0.3) is 5.91 Å². The van der Waals surface area contributed by atoms with E-state index in [1.165, 1.54) is 18.2 Å². The number of hydrogen-bond donors (Lipinski definition) is 1. The van der Waals surface area contributed by atoms with Crippen LogP contribution < -0.4 is 5.32 Å². The predicted molar refractivity (Wildman–Crippen MR) is 105 cm³/mol. The van der Waals surface area contributed by atoms with Crippen molar-refractivity contribution in [1.29, 1.82) is 0 Å². The lowest BCUT2D eigenvalue weighted by Gasteiger charge is -2.13. The van der Waals surface area contributed by atoms with Crippen molar-refractivity contribution < 1.29 is 13.2 Å². The number of anilines is 1. The van der Waals surface area contributed by atoms with E-state index in [9.17, 15) is 13.2 Å². The molecule has 2 aromatic heterocycles. The monoisotopic (exact) mass is 399 g/mol. The van der Waals surface area contributed by atoms with Crippen LogP contribution in [0.5, 0.6) is 0 Å². The Morgan fingerprint density at radius 2 is 1.96 bits per heavy atom. The van der Waals surface area contributed by atoms with E-state index in [-0.39, 0.29) is 16.6 Å². The Hall–Kier alpha value is -3.07. The maximum Gasteiger partial charge on any atom is 0.274 e. The normalized spacial score (nSPS) is 12.5. The summed E-state index contributed by atoms with van der Waals surface area (Å²) in [5.41, 5.74) is 1.69. The number of amides is 1. The van der Waals surface area contributed by atoms with Gasteiger partial charge in [0.05, 0.1) is 0 Å². The minimum atomic E-state index is -3.48. The molecule has 0 aliphatic heterocycles. The van der Waals surface area contributed by atoms with Gasteiger partial charge >= 0.3 is 0 Å². The molecule has 0 bridgehead atoms. The topological polar surface area (TPSA) is 107 Å². The van der Waals surface area contributed by atoms with Crippen LogP contribution >= 0.6 is 0 Å². The molecule has 0 aliphatic rings. The zero-order chi connectivity index (χ0) is 20.3. The number of rotatable bonds is 6. The summed E-state index contributed by atoms with van der Waals surface area (Å²) >= 11 is 0. The molecule has 0 fully saturated rings. The van der Waals surface area contributed by atoms with Crippen LogP contribution in [0, 0.1) is 0 Å². The molecule has 1 aromatic carbocycles. The number of aryl methyl sites for hydroxylation is 1. The van der Waals surface area contributed by atoms with Gasteiger partial charge in [0.15, 0.2) is 14.9 Å². The molecule has 0 spiro atoms. The molecule has 2 heterocycles. The summed E-state index contributed by atoms with van der Waals surface area (Å²) in [7, 11) is -1.58. The van der Waals surface area contributed by atoms with E-state index >= 15 is 0 Å². The molecule has 0 radical (unpaired) electrons. The first-order valence-corrected chi connectivity index (χ1v) is 10.5. The van der Waals surface area contributed by atoms with Gasteiger partial charge in [-0.2, -0.15) is 0 Å². The molecular weight excluding hydrogens is 378 g/mol. The Kier molecular flexibility index (Phi) is 5.55. The third-order valence-corrected chi connectivity index (χ3v) is 5.33. The first-order valence-electron chi connectivity index (χ1n) is 8.65. The largest absolute Gasteiger partial charge is 0.321 e. The highest BCUT2D eigenvalue weighted by atomic mass is 32.2. The summed E-state index contributed by atoms with van der Waals surface area (Å²) in [4.78, 5) is 16.4. The summed E-state index contributed by atoms with van der Waals surface area (Å²) < 4.78 is 25.1. The molecule has 9 heteroatoms. The summed E-state index contributed by atoms with van der Waals surface area (Å²) in [6.07, 6.45) is 3.43. The summed E-state index contributed by atoms with van der Waals surface area (Å²) in [5, 5.41) is 10.6. The standard InChI is InChI=1S/C19H21N5O3S/c1-13(10-17-23-20-12-24(17)2)14-6-4-7-15(11-14)21-19(25)16-8-5-9-18(22-16)28(3,26)27/h4-9,11-13H,10H2,1-3H3,(H,21,25)/t13-/m1/s1. The fourth-order valence-corrected chi connectivity index (χ4v) is 3.34. The molecule has 0 unspecified atom stereocenters. The Balaban J connectivity index is 1.76. The third-order valence-electron chi connectivity index (χ3n) is 4.34. The van der Waals surface area contributed by atoms with Crippen molar-refractivity contribution in [2.45, 2.75) is 24.3 Å². The predicted octanol–water partition coefficient (Wildman–Crippen LogP) is 2.21. The zero-order valence-electron chi connectivity index (χ0n) is 15.8. The minimum absolute atomic E-state index is 0.0421.